The number of aromatic nitrogens is 2. The molecule has 2 heterocycles. The Labute approximate surface area is 151 Å². The van der Waals surface area contributed by atoms with Crippen LogP contribution in [0, 0.1) is 0 Å². The van der Waals surface area contributed by atoms with Gasteiger partial charge in [0.1, 0.15) is 18.2 Å². The van der Waals surface area contributed by atoms with Crippen LogP contribution >= 0.6 is 0 Å². The van der Waals surface area contributed by atoms with Gasteiger partial charge in [0, 0.05) is 25.2 Å². The van der Waals surface area contributed by atoms with Gasteiger partial charge in [0.05, 0.1) is 24.1 Å². The fourth-order valence-corrected chi connectivity index (χ4v) is 3.05. The Balaban J connectivity index is 1.43. The van der Waals surface area contributed by atoms with Crippen LogP contribution < -0.4 is 10.3 Å². The highest BCUT2D eigenvalue weighted by atomic mass is 16.5. The third-order valence-electron chi connectivity index (χ3n) is 4.52. The second-order valence-corrected chi connectivity index (χ2v) is 6.26. The molecule has 1 aromatic heterocycles. The summed E-state index contributed by atoms with van der Waals surface area (Å²) in [5.74, 6) is 1.37. The van der Waals surface area contributed by atoms with Crippen LogP contribution in [0.5, 0.6) is 5.75 Å². The van der Waals surface area contributed by atoms with Crippen molar-refractivity contribution in [3.8, 4) is 17.1 Å². The lowest BCUT2D eigenvalue weighted by Crippen LogP contribution is -2.38. The molecule has 134 valence electrons. The number of hydrogen-bond donors (Lipinski definition) is 1. The first-order valence-corrected chi connectivity index (χ1v) is 8.82. The van der Waals surface area contributed by atoms with Crippen molar-refractivity contribution in [2.75, 3.05) is 39.5 Å². The number of benzene rings is 2. The van der Waals surface area contributed by atoms with E-state index in [2.05, 4.69) is 14.9 Å². The maximum Gasteiger partial charge on any atom is 0.259 e. The number of rotatable bonds is 5. The van der Waals surface area contributed by atoms with Crippen molar-refractivity contribution < 1.29 is 9.47 Å². The molecule has 4 rings (SSSR count). The molecule has 1 saturated heterocycles. The largest absolute Gasteiger partial charge is 0.492 e. The number of ether oxygens (including phenoxy) is 2. The Morgan fingerprint density at radius 3 is 2.65 bits per heavy atom. The van der Waals surface area contributed by atoms with Gasteiger partial charge in [-0.05, 0) is 36.4 Å². The van der Waals surface area contributed by atoms with Crippen molar-refractivity contribution in [2.45, 2.75) is 0 Å². The zero-order valence-corrected chi connectivity index (χ0v) is 14.5. The van der Waals surface area contributed by atoms with E-state index in [0.29, 0.717) is 23.3 Å². The van der Waals surface area contributed by atoms with E-state index in [4.69, 9.17) is 9.47 Å². The third-order valence-corrected chi connectivity index (χ3v) is 4.52. The molecule has 1 N–H and O–H groups in total. The van der Waals surface area contributed by atoms with E-state index < -0.39 is 0 Å². The summed E-state index contributed by atoms with van der Waals surface area (Å²) in [4.78, 5) is 21.9. The second-order valence-electron chi connectivity index (χ2n) is 6.26. The quantitative estimate of drug-likeness (QED) is 0.764. The van der Waals surface area contributed by atoms with E-state index in [1.807, 2.05) is 42.5 Å². The number of nitrogens with zero attached hydrogens (tertiary/aromatic N) is 2. The van der Waals surface area contributed by atoms with Crippen LogP contribution in [-0.2, 0) is 4.74 Å². The number of aromatic amines is 1. The predicted octanol–water partition coefficient (Wildman–Crippen LogP) is 2.30. The molecule has 3 aromatic rings. The molecule has 0 radical (unpaired) electrons. The number of para-hydroxylation sites is 1. The van der Waals surface area contributed by atoms with Gasteiger partial charge in [0.15, 0.2) is 0 Å². The molecule has 0 atom stereocenters. The molecule has 6 nitrogen and oxygen atoms in total. The molecular weight excluding hydrogens is 330 g/mol. The molecule has 0 aliphatic carbocycles. The van der Waals surface area contributed by atoms with Crippen LogP contribution in [0.15, 0.2) is 53.3 Å². The zero-order valence-electron chi connectivity index (χ0n) is 14.5. The summed E-state index contributed by atoms with van der Waals surface area (Å²) < 4.78 is 11.2. The van der Waals surface area contributed by atoms with Gasteiger partial charge < -0.3 is 14.5 Å². The van der Waals surface area contributed by atoms with Crippen LogP contribution in [0.25, 0.3) is 22.3 Å². The van der Waals surface area contributed by atoms with Gasteiger partial charge >= 0.3 is 0 Å². The molecular formula is C20H21N3O3. The molecule has 1 aliphatic rings. The first-order valence-electron chi connectivity index (χ1n) is 8.82. The first kappa shape index (κ1) is 16.8. The standard InChI is InChI=1S/C20H21N3O3/c24-20-17-3-1-2-4-18(17)21-19(22-20)15-5-7-16(8-6-15)26-14-11-23-9-12-25-13-10-23/h1-8H,9-14H2,(H,21,22,24). The number of fused-ring (bicyclic) bond motifs is 1. The first-order chi connectivity index (χ1) is 12.8. The Morgan fingerprint density at radius 1 is 1.08 bits per heavy atom. The molecule has 0 saturated carbocycles. The molecule has 0 spiro atoms. The normalized spacial score (nSPS) is 15.2. The van der Waals surface area contributed by atoms with Crippen LogP contribution in [0.3, 0.4) is 0 Å². The van der Waals surface area contributed by atoms with Crippen LogP contribution in [0.2, 0.25) is 0 Å². The number of H-pyrrole nitrogens is 1. The summed E-state index contributed by atoms with van der Waals surface area (Å²) in [6.45, 7) is 5.05. The summed E-state index contributed by atoms with van der Waals surface area (Å²) in [6.07, 6.45) is 0. The average molecular weight is 351 g/mol. The van der Waals surface area contributed by atoms with E-state index in [9.17, 15) is 4.79 Å². The molecule has 1 fully saturated rings. The molecule has 0 amide bonds. The monoisotopic (exact) mass is 351 g/mol. The fourth-order valence-electron chi connectivity index (χ4n) is 3.05. The van der Waals surface area contributed by atoms with E-state index in [1.165, 1.54) is 0 Å². The van der Waals surface area contributed by atoms with E-state index >= 15 is 0 Å². The third kappa shape index (κ3) is 3.76. The zero-order chi connectivity index (χ0) is 17.8. The predicted molar refractivity (Wildman–Crippen MR) is 101 cm³/mol. The topological polar surface area (TPSA) is 67.5 Å². The van der Waals surface area contributed by atoms with Gasteiger partial charge in [0.25, 0.3) is 5.56 Å². The van der Waals surface area contributed by atoms with Crippen molar-refractivity contribution in [3.63, 3.8) is 0 Å². The maximum atomic E-state index is 12.2. The number of hydrogen-bond acceptors (Lipinski definition) is 5. The summed E-state index contributed by atoms with van der Waals surface area (Å²) in [7, 11) is 0. The Bertz CT molecular complexity index is 931. The summed E-state index contributed by atoms with van der Waals surface area (Å²) in [5.41, 5.74) is 1.42. The Hall–Kier alpha value is -2.70. The summed E-state index contributed by atoms with van der Waals surface area (Å²) >= 11 is 0. The van der Waals surface area contributed by atoms with Gasteiger partial charge in [-0.25, -0.2) is 4.98 Å². The van der Waals surface area contributed by atoms with Crippen molar-refractivity contribution in [1.29, 1.82) is 0 Å². The van der Waals surface area contributed by atoms with Gasteiger partial charge in [0.2, 0.25) is 0 Å². The molecule has 26 heavy (non-hydrogen) atoms. The minimum absolute atomic E-state index is 0.128. The smallest absolute Gasteiger partial charge is 0.259 e. The van der Waals surface area contributed by atoms with Crippen molar-refractivity contribution >= 4 is 10.9 Å². The van der Waals surface area contributed by atoms with Gasteiger partial charge in [-0.1, -0.05) is 12.1 Å². The highest BCUT2D eigenvalue weighted by molar-refractivity contribution is 5.79. The number of nitrogens with one attached hydrogen (secondary N) is 1. The lowest BCUT2D eigenvalue weighted by atomic mass is 10.2. The minimum Gasteiger partial charge on any atom is -0.492 e. The van der Waals surface area contributed by atoms with Crippen molar-refractivity contribution in [1.82, 2.24) is 14.9 Å². The second kappa shape index (κ2) is 7.68. The van der Waals surface area contributed by atoms with Crippen LogP contribution in [0.4, 0.5) is 0 Å². The fraction of sp³-hybridized carbons (Fsp3) is 0.300. The summed E-state index contributed by atoms with van der Waals surface area (Å²) in [6, 6.07) is 15.0. The molecule has 2 aromatic carbocycles. The molecule has 1 aliphatic heterocycles. The average Bonchev–Trinajstić information content (AvgIpc) is 2.69. The van der Waals surface area contributed by atoms with Crippen LogP contribution in [-0.4, -0.2) is 54.3 Å². The van der Waals surface area contributed by atoms with Crippen LogP contribution in [0.1, 0.15) is 0 Å². The van der Waals surface area contributed by atoms with E-state index in [-0.39, 0.29) is 5.56 Å². The van der Waals surface area contributed by atoms with Crippen molar-refractivity contribution in [2.24, 2.45) is 0 Å². The highest BCUT2D eigenvalue weighted by Crippen LogP contribution is 2.20. The minimum atomic E-state index is -0.128. The lowest BCUT2D eigenvalue weighted by Gasteiger charge is -2.26. The number of morpholine rings is 1. The highest BCUT2D eigenvalue weighted by Gasteiger charge is 2.10. The van der Waals surface area contributed by atoms with E-state index in [0.717, 1.165) is 44.2 Å². The Kier molecular flexibility index (Phi) is 4.95. The maximum absolute atomic E-state index is 12.2. The van der Waals surface area contributed by atoms with Gasteiger partial charge in [-0.2, -0.15) is 0 Å². The lowest BCUT2D eigenvalue weighted by molar-refractivity contribution is 0.0322. The van der Waals surface area contributed by atoms with Gasteiger partial charge in [-0.3, -0.25) is 9.69 Å². The molecule has 0 bridgehead atoms. The van der Waals surface area contributed by atoms with Gasteiger partial charge in [-0.15, -0.1) is 0 Å². The van der Waals surface area contributed by atoms with E-state index in [1.54, 1.807) is 6.07 Å². The summed E-state index contributed by atoms with van der Waals surface area (Å²) in [5, 5.41) is 0.597. The van der Waals surface area contributed by atoms with Crippen molar-refractivity contribution in [3.05, 3.63) is 58.9 Å². The molecule has 0 unspecified atom stereocenters. The molecule has 6 heteroatoms. The Morgan fingerprint density at radius 2 is 1.85 bits per heavy atom. The SMILES string of the molecule is O=c1[nH]c(-c2ccc(OCCN3CCOCC3)cc2)nc2ccccc12.